The van der Waals surface area contributed by atoms with Crippen molar-refractivity contribution in [2.24, 2.45) is 0 Å². The SMILES string of the molecule is O=S(=O)(Cc1ccc(F)cc1)N1CCCC(Oc2ncc(F)cn2)C1. The van der Waals surface area contributed by atoms with Gasteiger partial charge in [0.25, 0.3) is 0 Å². The third-order valence-electron chi connectivity index (χ3n) is 3.87. The third-order valence-corrected chi connectivity index (χ3v) is 5.68. The van der Waals surface area contributed by atoms with Crippen molar-refractivity contribution in [1.82, 2.24) is 14.3 Å². The van der Waals surface area contributed by atoms with Crippen molar-refractivity contribution in [3.8, 4) is 6.01 Å². The highest BCUT2D eigenvalue weighted by molar-refractivity contribution is 7.88. The zero-order valence-corrected chi connectivity index (χ0v) is 14.1. The van der Waals surface area contributed by atoms with E-state index in [1.54, 1.807) is 0 Å². The Balaban J connectivity index is 1.65. The van der Waals surface area contributed by atoms with Crippen LogP contribution >= 0.6 is 0 Å². The number of nitrogens with zero attached hydrogens (tertiary/aromatic N) is 3. The first-order chi connectivity index (χ1) is 11.9. The Labute approximate surface area is 144 Å². The molecule has 0 saturated carbocycles. The number of hydrogen-bond donors (Lipinski definition) is 0. The van der Waals surface area contributed by atoms with Crippen molar-refractivity contribution in [2.45, 2.75) is 24.7 Å². The number of piperidine rings is 1. The summed E-state index contributed by atoms with van der Waals surface area (Å²) >= 11 is 0. The van der Waals surface area contributed by atoms with Crippen LogP contribution in [0.4, 0.5) is 8.78 Å². The summed E-state index contributed by atoms with van der Waals surface area (Å²) in [4.78, 5) is 7.45. The van der Waals surface area contributed by atoms with Gasteiger partial charge in [-0.3, -0.25) is 0 Å². The van der Waals surface area contributed by atoms with Gasteiger partial charge in [-0.1, -0.05) is 12.1 Å². The number of sulfonamides is 1. The average molecular weight is 369 g/mol. The highest BCUT2D eigenvalue weighted by Crippen LogP contribution is 2.20. The Morgan fingerprint density at radius 2 is 1.80 bits per heavy atom. The largest absolute Gasteiger partial charge is 0.459 e. The molecule has 3 rings (SSSR count). The number of halogens is 2. The maximum absolute atomic E-state index is 12.9. The molecular weight excluding hydrogens is 352 g/mol. The molecule has 25 heavy (non-hydrogen) atoms. The standard InChI is InChI=1S/C16H17F2N3O3S/c17-13-5-3-12(4-6-13)11-25(22,23)21-7-1-2-15(10-21)24-16-19-8-14(18)9-20-16/h3-6,8-9,15H,1-2,7,10-11H2. The summed E-state index contributed by atoms with van der Waals surface area (Å²) in [5, 5.41) is 0. The van der Waals surface area contributed by atoms with E-state index in [9.17, 15) is 17.2 Å². The maximum Gasteiger partial charge on any atom is 0.316 e. The van der Waals surface area contributed by atoms with Crippen molar-refractivity contribution in [3.63, 3.8) is 0 Å². The van der Waals surface area contributed by atoms with Gasteiger partial charge < -0.3 is 4.74 Å². The third kappa shape index (κ3) is 4.70. The molecule has 1 fully saturated rings. The second kappa shape index (κ2) is 7.40. The van der Waals surface area contributed by atoms with E-state index in [4.69, 9.17) is 4.74 Å². The first-order valence-corrected chi connectivity index (χ1v) is 9.40. The van der Waals surface area contributed by atoms with Crippen LogP contribution in [-0.4, -0.2) is 41.9 Å². The predicted molar refractivity (Wildman–Crippen MR) is 86.2 cm³/mol. The van der Waals surface area contributed by atoms with E-state index in [0.29, 0.717) is 24.9 Å². The van der Waals surface area contributed by atoms with Crippen LogP contribution in [0.15, 0.2) is 36.7 Å². The molecule has 0 spiro atoms. The summed E-state index contributed by atoms with van der Waals surface area (Å²) in [6.07, 6.45) is 2.88. The summed E-state index contributed by atoms with van der Waals surface area (Å²) in [7, 11) is -3.55. The quantitative estimate of drug-likeness (QED) is 0.807. The smallest absolute Gasteiger partial charge is 0.316 e. The molecule has 1 aliphatic heterocycles. The summed E-state index contributed by atoms with van der Waals surface area (Å²) in [6.45, 7) is 0.567. The predicted octanol–water partition coefficient (Wildman–Crippen LogP) is 2.13. The number of hydrogen-bond acceptors (Lipinski definition) is 5. The lowest BCUT2D eigenvalue weighted by Gasteiger charge is -2.31. The van der Waals surface area contributed by atoms with E-state index in [2.05, 4.69) is 9.97 Å². The zero-order chi connectivity index (χ0) is 17.9. The fourth-order valence-electron chi connectivity index (χ4n) is 2.65. The van der Waals surface area contributed by atoms with Gasteiger partial charge in [-0.2, -0.15) is 4.31 Å². The van der Waals surface area contributed by atoms with Gasteiger partial charge in [0.15, 0.2) is 5.82 Å². The van der Waals surface area contributed by atoms with Crippen LogP contribution in [0.25, 0.3) is 0 Å². The summed E-state index contributed by atoms with van der Waals surface area (Å²) < 4.78 is 57.8. The van der Waals surface area contributed by atoms with E-state index >= 15 is 0 Å². The maximum atomic E-state index is 12.9. The lowest BCUT2D eigenvalue weighted by Crippen LogP contribution is -2.44. The van der Waals surface area contributed by atoms with Gasteiger partial charge in [0, 0.05) is 6.54 Å². The van der Waals surface area contributed by atoms with E-state index in [1.807, 2.05) is 0 Å². The van der Waals surface area contributed by atoms with Crippen LogP contribution in [-0.2, 0) is 15.8 Å². The molecule has 134 valence electrons. The Morgan fingerprint density at radius 1 is 1.12 bits per heavy atom. The molecule has 2 aromatic rings. The van der Waals surface area contributed by atoms with E-state index < -0.39 is 27.8 Å². The van der Waals surface area contributed by atoms with Crippen molar-refractivity contribution >= 4 is 10.0 Å². The normalized spacial score (nSPS) is 18.9. The highest BCUT2D eigenvalue weighted by Gasteiger charge is 2.30. The molecule has 6 nitrogen and oxygen atoms in total. The number of rotatable bonds is 5. The van der Waals surface area contributed by atoms with Gasteiger partial charge in [-0.15, -0.1) is 0 Å². The fourth-order valence-corrected chi connectivity index (χ4v) is 4.24. The molecule has 0 N–H and O–H groups in total. The minimum atomic E-state index is -3.55. The second-order valence-electron chi connectivity index (χ2n) is 5.81. The fraction of sp³-hybridized carbons (Fsp3) is 0.375. The minimum absolute atomic E-state index is 0.0178. The first kappa shape index (κ1) is 17.7. The Hall–Kier alpha value is -2.13. The number of aromatic nitrogens is 2. The minimum Gasteiger partial charge on any atom is -0.459 e. The van der Waals surface area contributed by atoms with Crippen LogP contribution in [0.3, 0.4) is 0 Å². The van der Waals surface area contributed by atoms with Gasteiger partial charge >= 0.3 is 6.01 Å². The molecule has 0 amide bonds. The summed E-state index contributed by atoms with van der Waals surface area (Å²) in [5.74, 6) is -1.18. The lowest BCUT2D eigenvalue weighted by molar-refractivity contribution is 0.119. The van der Waals surface area contributed by atoms with Crippen molar-refractivity contribution < 1.29 is 21.9 Å². The molecule has 1 atom stereocenters. The molecule has 1 aliphatic rings. The highest BCUT2D eigenvalue weighted by atomic mass is 32.2. The van der Waals surface area contributed by atoms with Gasteiger partial charge in [-0.05, 0) is 30.5 Å². The molecule has 9 heteroatoms. The van der Waals surface area contributed by atoms with Crippen molar-refractivity contribution in [3.05, 3.63) is 53.9 Å². The molecule has 2 heterocycles. The van der Waals surface area contributed by atoms with Crippen molar-refractivity contribution in [1.29, 1.82) is 0 Å². The van der Waals surface area contributed by atoms with Crippen LogP contribution in [0.2, 0.25) is 0 Å². The molecule has 1 saturated heterocycles. The van der Waals surface area contributed by atoms with Crippen molar-refractivity contribution in [2.75, 3.05) is 13.1 Å². The summed E-state index contributed by atoms with van der Waals surface area (Å²) in [5.41, 5.74) is 0.520. The first-order valence-electron chi connectivity index (χ1n) is 7.79. The Bertz CT molecular complexity index is 814. The summed E-state index contributed by atoms with van der Waals surface area (Å²) in [6, 6.07) is 5.40. The van der Waals surface area contributed by atoms with Gasteiger partial charge in [-0.25, -0.2) is 27.2 Å². The second-order valence-corrected chi connectivity index (χ2v) is 7.78. The zero-order valence-electron chi connectivity index (χ0n) is 13.3. The average Bonchev–Trinajstić information content (AvgIpc) is 2.59. The Kier molecular flexibility index (Phi) is 5.24. The molecule has 0 bridgehead atoms. The topological polar surface area (TPSA) is 72.4 Å². The van der Waals surface area contributed by atoms with Crippen LogP contribution in [0.1, 0.15) is 18.4 Å². The lowest BCUT2D eigenvalue weighted by atomic mass is 10.1. The monoisotopic (exact) mass is 369 g/mol. The van der Waals surface area contributed by atoms with Crippen LogP contribution < -0.4 is 4.74 Å². The number of ether oxygens (including phenoxy) is 1. The van der Waals surface area contributed by atoms with E-state index in [1.165, 1.54) is 28.6 Å². The van der Waals surface area contributed by atoms with Gasteiger partial charge in [0.1, 0.15) is 11.9 Å². The van der Waals surface area contributed by atoms with Crippen LogP contribution in [0.5, 0.6) is 6.01 Å². The molecule has 1 aromatic heterocycles. The Morgan fingerprint density at radius 3 is 2.48 bits per heavy atom. The van der Waals surface area contributed by atoms with Gasteiger partial charge in [0.2, 0.25) is 10.0 Å². The van der Waals surface area contributed by atoms with E-state index in [-0.39, 0.29) is 18.3 Å². The van der Waals surface area contributed by atoms with E-state index in [0.717, 1.165) is 12.4 Å². The van der Waals surface area contributed by atoms with Crippen LogP contribution in [0, 0.1) is 11.6 Å². The molecule has 1 aromatic carbocycles. The number of benzene rings is 1. The molecule has 0 aliphatic carbocycles. The molecule has 0 radical (unpaired) electrons. The molecular formula is C16H17F2N3O3S. The van der Waals surface area contributed by atoms with Gasteiger partial charge in [0.05, 0.1) is 24.7 Å². The molecule has 1 unspecified atom stereocenters.